The lowest BCUT2D eigenvalue weighted by atomic mass is 10.2. The minimum absolute atomic E-state index is 0.0418. The number of benzene rings is 1. The molecule has 0 fully saturated rings. The first-order chi connectivity index (χ1) is 10.3. The quantitative estimate of drug-likeness (QED) is 0.944. The van der Waals surface area contributed by atoms with Crippen molar-refractivity contribution < 1.29 is 23.0 Å². The summed E-state index contributed by atoms with van der Waals surface area (Å²) in [5.41, 5.74) is -0.538. The Morgan fingerprint density at radius 2 is 1.86 bits per heavy atom. The first-order valence-corrected chi connectivity index (χ1v) is 5.97. The van der Waals surface area contributed by atoms with E-state index in [9.17, 15) is 23.1 Å². The molecule has 0 aliphatic carbocycles. The lowest BCUT2D eigenvalue weighted by Crippen LogP contribution is -2.22. The van der Waals surface area contributed by atoms with Crippen molar-refractivity contribution in [3.63, 3.8) is 0 Å². The Morgan fingerprint density at radius 3 is 2.41 bits per heavy atom. The number of nitriles is 1. The maximum atomic E-state index is 12.0. The van der Waals surface area contributed by atoms with Crippen LogP contribution in [0, 0.1) is 11.3 Å². The highest BCUT2D eigenvalue weighted by atomic mass is 19.4. The van der Waals surface area contributed by atoms with Gasteiger partial charge in [-0.15, -0.1) is 13.2 Å². The van der Waals surface area contributed by atoms with Gasteiger partial charge in [-0.25, -0.2) is 0 Å². The fourth-order valence-corrected chi connectivity index (χ4v) is 1.79. The van der Waals surface area contributed by atoms with Crippen LogP contribution < -0.4 is 10.3 Å². The molecule has 1 heterocycles. The van der Waals surface area contributed by atoms with Gasteiger partial charge >= 0.3 is 6.36 Å². The van der Waals surface area contributed by atoms with Crippen molar-refractivity contribution in [3.05, 3.63) is 58.0 Å². The van der Waals surface area contributed by atoms with Gasteiger partial charge in [-0.1, -0.05) is 12.1 Å². The minimum Gasteiger partial charge on any atom is -0.506 e. The highest BCUT2D eigenvalue weighted by molar-refractivity contribution is 5.39. The van der Waals surface area contributed by atoms with E-state index in [1.807, 2.05) is 0 Å². The zero-order valence-corrected chi connectivity index (χ0v) is 11.0. The summed E-state index contributed by atoms with van der Waals surface area (Å²) >= 11 is 0. The fraction of sp³-hybridized carbons (Fsp3) is 0.143. The second-order valence-electron chi connectivity index (χ2n) is 4.31. The molecule has 0 unspecified atom stereocenters. The maximum absolute atomic E-state index is 12.0. The first-order valence-electron chi connectivity index (χ1n) is 5.97. The van der Waals surface area contributed by atoms with Gasteiger partial charge in [-0.2, -0.15) is 5.26 Å². The van der Waals surface area contributed by atoms with E-state index in [1.165, 1.54) is 24.4 Å². The Morgan fingerprint density at radius 1 is 1.23 bits per heavy atom. The highest BCUT2D eigenvalue weighted by Crippen LogP contribution is 2.23. The van der Waals surface area contributed by atoms with Gasteiger partial charge in [0.25, 0.3) is 5.56 Å². The van der Waals surface area contributed by atoms with Crippen LogP contribution in [0.25, 0.3) is 0 Å². The predicted molar refractivity (Wildman–Crippen MR) is 69.3 cm³/mol. The number of hydrogen-bond acceptors (Lipinski definition) is 4. The number of alkyl halides is 3. The average molecular weight is 310 g/mol. The molecule has 0 aliphatic heterocycles. The van der Waals surface area contributed by atoms with Gasteiger partial charge in [0.15, 0.2) is 5.56 Å². The van der Waals surface area contributed by atoms with Crippen LogP contribution in [-0.2, 0) is 6.54 Å². The molecule has 0 bridgehead atoms. The number of pyridine rings is 1. The Balaban J connectivity index is 2.22. The van der Waals surface area contributed by atoms with E-state index >= 15 is 0 Å². The molecule has 2 rings (SSSR count). The van der Waals surface area contributed by atoms with Crippen LogP contribution in [0.2, 0.25) is 0 Å². The topological polar surface area (TPSA) is 75.2 Å². The SMILES string of the molecule is N#Cc1c(O)ccn(Cc2ccc(OC(F)(F)F)cc2)c1=O. The number of halogens is 3. The van der Waals surface area contributed by atoms with Crippen LogP contribution in [0.1, 0.15) is 11.1 Å². The molecule has 0 amide bonds. The summed E-state index contributed by atoms with van der Waals surface area (Å²) in [6.07, 6.45) is -3.48. The van der Waals surface area contributed by atoms with Crippen LogP contribution in [-0.4, -0.2) is 16.0 Å². The van der Waals surface area contributed by atoms with E-state index in [0.29, 0.717) is 5.56 Å². The third-order valence-electron chi connectivity index (χ3n) is 2.76. The minimum atomic E-state index is -4.77. The van der Waals surface area contributed by atoms with Gasteiger partial charge in [-0.3, -0.25) is 4.79 Å². The van der Waals surface area contributed by atoms with Gasteiger partial charge in [0.2, 0.25) is 0 Å². The fourth-order valence-electron chi connectivity index (χ4n) is 1.79. The van der Waals surface area contributed by atoms with Gasteiger partial charge < -0.3 is 14.4 Å². The predicted octanol–water partition coefficient (Wildman–Crippen LogP) is 2.37. The lowest BCUT2D eigenvalue weighted by Gasteiger charge is -2.10. The third-order valence-corrected chi connectivity index (χ3v) is 2.76. The van der Waals surface area contributed by atoms with Crippen molar-refractivity contribution in [2.24, 2.45) is 0 Å². The van der Waals surface area contributed by atoms with E-state index in [0.717, 1.165) is 16.7 Å². The summed E-state index contributed by atoms with van der Waals surface area (Å²) in [6.45, 7) is 0.0418. The molecule has 0 atom stereocenters. The average Bonchev–Trinajstić information content (AvgIpc) is 2.43. The monoisotopic (exact) mass is 310 g/mol. The molecule has 0 aliphatic rings. The molecule has 0 radical (unpaired) electrons. The summed E-state index contributed by atoms with van der Waals surface area (Å²) in [4.78, 5) is 11.9. The Labute approximate surface area is 122 Å². The van der Waals surface area contributed by atoms with E-state index in [1.54, 1.807) is 6.07 Å². The van der Waals surface area contributed by atoms with Crippen LogP contribution in [0.5, 0.6) is 11.5 Å². The molecule has 22 heavy (non-hydrogen) atoms. The number of hydrogen-bond donors (Lipinski definition) is 1. The molecule has 8 heteroatoms. The smallest absolute Gasteiger partial charge is 0.506 e. The Kier molecular flexibility index (Phi) is 4.08. The summed E-state index contributed by atoms with van der Waals surface area (Å²) in [5.74, 6) is -0.787. The standard InChI is InChI=1S/C14H9F3N2O3/c15-14(16,17)22-10-3-1-9(2-4-10)8-19-6-5-12(20)11(7-18)13(19)21/h1-6,20H,8H2. The molecule has 2 aromatic rings. The number of nitrogens with zero attached hydrogens (tertiary/aromatic N) is 2. The number of aromatic nitrogens is 1. The molecule has 1 aromatic heterocycles. The number of ether oxygens (including phenoxy) is 1. The van der Waals surface area contributed by atoms with Crippen molar-refractivity contribution in [2.75, 3.05) is 0 Å². The zero-order valence-electron chi connectivity index (χ0n) is 11.0. The molecular weight excluding hydrogens is 301 g/mol. The van der Waals surface area contributed by atoms with Crippen LogP contribution in [0.15, 0.2) is 41.3 Å². The molecule has 0 saturated heterocycles. The maximum Gasteiger partial charge on any atom is 0.573 e. The van der Waals surface area contributed by atoms with Crippen LogP contribution in [0.3, 0.4) is 0 Å². The molecule has 0 saturated carbocycles. The number of rotatable bonds is 3. The molecule has 5 nitrogen and oxygen atoms in total. The van der Waals surface area contributed by atoms with Gasteiger partial charge in [0, 0.05) is 6.20 Å². The van der Waals surface area contributed by atoms with E-state index in [4.69, 9.17) is 5.26 Å². The summed E-state index contributed by atoms with van der Waals surface area (Å²) in [7, 11) is 0. The number of aromatic hydroxyl groups is 1. The van der Waals surface area contributed by atoms with Crippen molar-refractivity contribution in [1.29, 1.82) is 5.26 Å². The van der Waals surface area contributed by atoms with Gasteiger partial charge in [-0.05, 0) is 23.8 Å². The Hall–Kier alpha value is -2.95. The second-order valence-corrected chi connectivity index (χ2v) is 4.31. The van der Waals surface area contributed by atoms with E-state index < -0.39 is 17.7 Å². The molecule has 1 aromatic carbocycles. The first kappa shape index (κ1) is 15.4. The summed E-state index contributed by atoms with van der Waals surface area (Å²) in [5, 5.41) is 18.2. The van der Waals surface area contributed by atoms with E-state index in [-0.39, 0.29) is 17.9 Å². The second kappa shape index (κ2) is 5.81. The van der Waals surface area contributed by atoms with Crippen molar-refractivity contribution in [2.45, 2.75) is 12.9 Å². The van der Waals surface area contributed by atoms with E-state index in [2.05, 4.69) is 4.74 Å². The van der Waals surface area contributed by atoms with Crippen LogP contribution in [0.4, 0.5) is 13.2 Å². The Bertz CT molecular complexity index is 774. The zero-order chi connectivity index (χ0) is 16.3. The summed E-state index contributed by atoms with van der Waals surface area (Å²) in [6, 6.07) is 7.78. The molecular formula is C14H9F3N2O3. The van der Waals surface area contributed by atoms with Crippen molar-refractivity contribution in [3.8, 4) is 17.6 Å². The lowest BCUT2D eigenvalue weighted by molar-refractivity contribution is -0.274. The van der Waals surface area contributed by atoms with Gasteiger partial charge in [0.1, 0.15) is 17.6 Å². The summed E-state index contributed by atoms with van der Waals surface area (Å²) < 4.78 is 41.0. The third kappa shape index (κ3) is 3.58. The largest absolute Gasteiger partial charge is 0.573 e. The normalized spacial score (nSPS) is 11.0. The van der Waals surface area contributed by atoms with Crippen molar-refractivity contribution in [1.82, 2.24) is 4.57 Å². The van der Waals surface area contributed by atoms with Gasteiger partial charge in [0.05, 0.1) is 6.54 Å². The molecule has 0 spiro atoms. The van der Waals surface area contributed by atoms with Crippen molar-refractivity contribution >= 4 is 0 Å². The molecule has 114 valence electrons. The van der Waals surface area contributed by atoms with Crippen LogP contribution >= 0.6 is 0 Å². The molecule has 1 N–H and O–H groups in total. The highest BCUT2D eigenvalue weighted by Gasteiger charge is 2.30.